The van der Waals surface area contributed by atoms with Gasteiger partial charge in [0, 0.05) is 5.69 Å². The number of carboxylic acid groups (broad SMARTS) is 1. The molecule has 140 valence electrons. The summed E-state index contributed by atoms with van der Waals surface area (Å²) in [7, 11) is 0. The molecule has 0 fully saturated rings. The van der Waals surface area contributed by atoms with Crippen LogP contribution < -0.4 is 5.32 Å². The monoisotopic (exact) mass is 362 g/mol. The van der Waals surface area contributed by atoms with Gasteiger partial charge < -0.3 is 10.4 Å². The van der Waals surface area contributed by atoms with E-state index in [1.165, 1.54) is 5.56 Å². The zero-order chi connectivity index (χ0) is 19.8. The first kappa shape index (κ1) is 19.0. The fourth-order valence-corrected chi connectivity index (χ4v) is 3.87. The van der Waals surface area contributed by atoms with Crippen molar-refractivity contribution in [1.29, 1.82) is 5.26 Å². The number of nitrogens with zero attached hydrogens (tertiary/aromatic N) is 1. The lowest BCUT2D eigenvalue weighted by molar-refractivity contribution is -0.146. The molecule has 4 nitrogen and oxygen atoms in total. The second-order valence-corrected chi connectivity index (χ2v) is 8.77. The standard InChI is InChI=1S/C23H26N2O2/c1-22(2)13-20(25-19-9-8-16(14-24)11-18(19)22)17-7-5-6-15(10-17)12-23(3,4)21(26)27/h5-11,20,25H,12-13H2,1-4H3,(H,26,27). The number of anilines is 1. The highest BCUT2D eigenvalue weighted by molar-refractivity contribution is 5.74. The minimum Gasteiger partial charge on any atom is -0.481 e. The van der Waals surface area contributed by atoms with Gasteiger partial charge in [0.25, 0.3) is 0 Å². The number of nitrogens with one attached hydrogen (secondary N) is 1. The lowest BCUT2D eigenvalue weighted by atomic mass is 9.73. The summed E-state index contributed by atoms with van der Waals surface area (Å²) in [5.41, 5.74) is 4.25. The molecule has 2 aromatic rings. The lowest BCUT2D eigenvalue weighted by Crippen LogP contribution is -2.31. The number of aliphatic carboxylic acids is 1. The van der Waals surface area contributed by atoms with E-state index in [1.54, 1.807) is 13.8 Å². The van der Waals surface area contributed by atoms with Crippen molar-refractivity contribution in [3.05, 3.63) is 64.7 Å². The van der Waals surface area contributed by atoms with Crippen molar-refractivity contribution in [2.24, 2.45) is 5.41 Å². The molecule has 0 aromatic heterocycles. The summed E-state index contributed by atoms with van der Waals surface area (Å²) in [4.78, 5) is 11.5. The van der Waals surface area contributed by atoms with Crippen molar-refractivity contribution in [3.8, 4) is 6.07 Å². The third-order valence-corrected chi connectivity index (χ3v) is 5.50. The number of benzene rings is 2. The lowest BCUT2D eigenvalue weighted by Gasteiger charge is -2.39. The van der Waals surface area contributed by atoms with E-state index in [0.29, 0.717) is 12.0 Å². The van der Waals surface area contributed by atoms with Crippen LogP contribution in [-0.2, 0) is 16.6 Å². The van der Waals surface area contributed by atoms with Gasteiger partial charge in [0.15, 0.2) is 0 Å². The molecule has 0 saturated carbocycles. The van der Waals surface area contributed by atoms with Gasteiger partial charge in [0.05, 0.1) is 23.1 Å². The van der Waals surface area contributed by atoms with Crippen molar-refractivity contribution in [2.75, 3.05) is 5.32 Å². The predicted molar refractivity (Wildman–Crippen MR) is 107 cm³/mol. The van der Waals surface area contributed by atoms with Gasteiger partial charge in [-0.2, -0.15) is 5.26 Å². The van der Waals surface area contributed by atoms with Crippen LogP contribution in [0.25, 0.3) is 0 Å². The van der Waals surface area contributed by atoms with Gasteiger partial charge in [-0.15, -0.1) is 0 Å². The Bertz CT molecular complexity index is 922. The van der Waals surface area contributed by atoms with Gasteiger partial charge in [0.1, 0.15) is 0 Å². The van der Waals surface area contributed by atoms with Crippen LogP contribution in [0.15, 0.2) is 42.5 Å². The molecule has 0 aliphatic carbocycles. The fourth-order valence-electron chi connectivity index (χ4n) is 3.87. The minimum atomic E-state index is -0.793. The zero-order valence-corrected chi connectivity index (χ0v) is 16.3. The van der Waals surface area contributed by atoms with Crippen molar-refractivity contribution in [2.45, 2.75) is 52.0 Å². The van der Waals surface area contributed by atoms with Crippen LogP contribution in [0.4, 0.5) is 5.69 Å². The maximum atomic E-state index is 11.5. The zero-order valence-electron chi connectivity index (χ0n) is 16.3. The summed E-state index contributed by atoms with van der Waals surface area (Å²) in [6, 6.07) is 16.4. The molecule has 0 saturated heterocycles. The number of rotatable bonds is 4. The summed E-state index contributed by atoms with van der Waals surface area (Å²) in [5.74, 6) is -0.785. The molecule has 0 spiro atoms. The second-order valence-electron chi connectivity index (χ2n) is 8.77. The summed E-state index contributed by atoms with van der Waals surface area (Å²) >= 11 is 0. The van der Waals surface area contributed by atoms with Crippen molar-refractivity contribution in [3.63, 3.8) is 0 Å². The Morgan fingerprint density at radius 3 is 2.70 bits per heavy atom. The normalized spacial score (nSPS) is 18.1. The highest BCUT2D eigenvalue weighted by Crippen LogP contribution is 2.44. The molecule has 27 heavy (non-hydrogen) atoms. The SMILES string of the molecule is CC(C)(Cc1cccc(C2CC(C)(C)c3cc(C#N)ccc3N2)c1)C(=O)O. The van der Waals surface area contributed by atoms with E-state index in [9.17, 15) is 15.2 Å². The Hall–Kier alpha value is -2.80. The number of hydrogen-bond donors (Lipinski definition) is 2. The maximum Gasteiger partial charge on any atom is 0.309 e. The average molecular weight is 362 g/mol. The molecule has 1 unspecified atom stereocenters. The number of nitriles is 1. The second kappa shape index (κ2) is 6.74. The summed E-state index contributed by atoms with van der Waals surface area (Å²) < 4.78 is 0. The first-order valence-electron chi connectivity index (χ1n) is 9.26. The van der Waals surface area contributed by atoms with Gasteiger partial charge in [-0.3, -0.25) is 4.79 Å². The van der Waals surface area contributed by atoms with E-state index >= 15 is 0 Å². The molecule has 3 rings (SSSR count). The highest BCUT2D eigenvalue weighted by atomic mass is 16.4. The molecule has 0 radical (unpaired) electrons. The van der Waals surface area contributed by atoms with E-state index in [1.807, 2.05) is 30.3 Å². The molecule has 0 amide bonds. The molecule has 0 bridgehead atoms. The molecular weight excluding hydrogens is 336 g/mol. The van der Waals surface area contributed by atoms with Gasteiger partial charge in [-0.05, 0) is 67.0 Å². The van der Waals surface area contributed by atoms with E-state index in [2.05, 4.69) is 37.4 Å². The minimum absolute atomic E-state index is 0.0611. The Labute approximate surface area is 160 Å². The van der Waals surface area contributed by atoms with E-state index in [0.717, 1.165) is 23.2 Å². The summed E-state index contributed by atoms with van der Waals surface area (Å²) in [5, 5.41) is 22.2. The van der Waals surface area contributed by atoms with E-state index in [4.69, 9.17) is 0 Å². The molecule has 1 aliphatic rings. The molecular formula is C23H26N2O2. The highest BCUT2D eigenvalue weighted by Gasteiger charge is 2.34. The Kier molecular flexibility index (Phi) is 4.73. The topological polar surface area (TPSA) is 73.1 Å². The molecule has 1 heterocycles. The number of fused-ring (bicyclic) bond motifs is 1. The smallest absolute Gasteiger partial charge is 0.309 e. The number of carboxylic acids is 1. The van der Waals surface area contributed by atoms with Crippen LogP contribution in [0, 0.1) is 16.7 Å². The Morgan fingerprint density at radius 1 is 1.30 bits per heavy atom. The van der Waals surface area contributed by atoms with Crippen LogP contribution in [0.2, 0.25) is 0 Å². The first-order chi connectivity index (χ1) is 12.6. The van der Waals surface area contributed by atoms with Gasteiger partial charge in [0.2, 0.25) is 0 Å². The Balaban J connectivity index is 1.91. The van der Waals surface area contributed by atoms with Gasteiger partial charge in [-0.1, -0.05) is 38.1 Å². The Morgan fingerprint density at radius 2 is 2.04 bits per heavy atom. The van der Waals surface area contributed by atoms with Crippen LogP contribution >= 0.6 is 0 Å². The molecule has 2 aromatic carbocycles. The van der Waals surface area contributed by atoms with Crippen LogP contribution in [-0.4, -0.2) is 11.1 Å². The predicted octanol–water partition coefficient (Wildman–Crippen LogP) is 5.05. The summed E-state index contributed by atoms with van der Waals surface area (Å²) in [6.45, 7) is 7.93. The maximum absolute atomic E-state index is 11.5. The van der Waals surface area contributed by atoms with E-state index in [-0.39, 0.29) is 11.5 Å². The van der Waals surface area contributed by atoms with Crippen LogP contribution in [0.1, 0.15) is 62.4 Å². The average Bonchev–Trinajstić information content (AvgIpc) is 2.60. The van der Waals surface area contributed by atoms with Crippen molar-refractivity contribution >= 4 is 11.7 Å². The molecule has 2 N–H and O–H groups in total. The van der Waals surface area contributed by atoms with Crippen LogP contribution in [0.3, 0.4) is 0 Å². The first-order valence-corrected chi connectivity index (χ1v) is 9.26. The summed E-state index contributed by atoms with van der Waals surface area (Å²) in [6.07, 6.45) is 1.40. The van der Waals surface area contributed by atoms with Gasteiger partial charge >= 0.3 is 5.97 Å². The molecule has 4 heteroatoms. The fraction of sp³-hybridized carbons (Fsp3) is 0.391. The van der Waals surface area contributed by atoms with Crippen molar-refractivity contribution < 1.29 is 9.90 Å². The quantitative estimate of drug-likeness (QED) is 0.798. The molecule has 1 aliphatic heterocycles. The van der Waals surface area contributed by atoms with Crippen molar-refractivity contribution in [1.82, 2.24) is 0 Å². The largest absolute Gasteiger partial charge is 0.481 e. The van der Waals surface area contributed by atoms with Crippen LogP contribution in [0.5, 0.6) is 0 Å². The van der Waals surface area contributed by atoms with Gasteiger partial charge in [-0.25, -0.2) is 0 Å². The third kappa shape index (κ3) is 3.83. The third-order valence-electron chi connectivity index (χ3n) is 5.50. The number of hydrogen-bond acceptors (Lipinski definition) is 3. The molecule has 1 atom stereocenters. The van der Waals surface area contributed by atoms with E-state index < -0.39 is 11.4 Å². The number of carbonyl (C=O) groups is 1.